The van der Waals surface area contributed by atoms with Crippen LogP contribution in [0, 0.1) is 0 Å². The minimum absolute atomic E-state index is 1.15. The Morgan fingerprint density at radius 1 is 0.163 bits per heavy atom. The average Bonchev–Trinajstić information content (AvgIpc) is 1.42. The molecule has 0 unspecified atom stereocenters. The maximum Gasteiger partial charge on any atom is 0.0628 e. The topological polar surface area (TPSA) is 19.7 Å². The lowest BCUT2D eigenvalue weighted by atomic mass is 9.90. The van der Waals surface area contributed by atoms with E-state index in [0.717, 1.165) is 11.4 Å². The number of para-hydroxylation sites is 4. The molecule has 4 aromatic heterocycles. The third-order valence-corrected chi connectivity index (χ3v) is 20.6. The van der Waals surface area contributed by atoms with Crippen LogP contribution in [0.1, 0.15) is 0 Å². The van der Waals surface area contributed by atoms with Gasteiger partial charge in [-0.3, -0.25) is 0 Å². The summed E-state index contributed by atoms with van der Waals surface area (Å²) in [6.45, 7) is 0. The Balaban J connectivity index is 0.000000134. The van der Waals surface area contributed by atoms with E-state index in [9.17, 15) is 0 Å². The second-order valence-corrected chi connectivity index (χ2v) is 25.9. The monoisotopic (exact) mass is 1240 g/mol. The normalized spacial score (nSPS) is 11.9. The van der Waals surface area contributed by atoms with Crippen molar-refractivity contribution in [3.8, 4) is 56.1 Å². The molecule has 0 N–H and O–H groups in total. The van der Waals surface area contributed by atoms with E-state index < -0.39 is 0 Å². The van der Waals surface area contributed by atoms with Crippen molar-refractivity contribution < 1.29 is 0 Å². The second kappa shape index (κ2) is 22.3. The molecule has 4 nitrogen and oxygen atoms in total. The summed E-state index contributed by atoms with van der Waals surface area (Å²) >= 11 is 0. The van der Waals surface area contributed by atoms with Crippen LogP contribution in [0.4, 0.5) is 0 Å². The maximum absolute atomic E-state index is 2.43. The van der Waals surface area contributed by atoms with E-state index >= 15 is 0 Å². The number of benzene rings is 17. The predicted molar refractivity (Wildman–Crippen MR) is 417 cm³/mol. The van der Waals surface area contributed by atoms with Crippen LogP contribution in [0.5, 0.6) is 0 Å². The minimum atomic E-state index is 1.15. The summed E-state index contributed by atoms with van der Waals surface area (Å²) < 4.78 is 9.50. The lowest BCUT2D eigenvalue weighted by Crippen LogP contribution is -1.95. The van der Waals surface area contributed by atoms with E-state index in [2.05, 4.69) is 383 Å². The Labute approximate surface area is 565 Å². The molecule has 98 heavy (non-hydrogen) atoms. The summed E-state index contributed by atoms with van der Waals surface area (Å²) in [6.07, 6.45) is 4.39. The fourth-order valence-corrected chi connectivity index (χ4v) is 16.2. The van der Waals surface area contributed by atoms with Crippen LogP contribution in [-0.4, -0.2) is 18.3 Å². The molecule has 4 heterocycles. The molecule has 21 rings (SSSR count). The molecule has 0 radical (unpaired) electrons. The van der Waals surface area contributed by atoms with E-state index in [1.807, 2.05) is 0 Å². The SMILES string of the molecule is c1ccc(-c2ccc3c4ccc(-c5ccc(-n6c7ccccc7c7c8c(ccc76)ccn8-c6ccccc6)cc5)cc4c4ccccc4c3c2)cc1.c1ccc(-n2ccc3ccc4c(c5ccccc5n4-c4cccc(-c5ccc6c7ccccc7c7ccccc7c6c5)c4)c32)cc1. The van der Waals surface area contributed by atoms with Gasteiger partial charge in [0, 0.05) is 67.5 Å². The molecular weight excluding hydrogens is 1190 g/mol. The molecule has 0 saturated heterocycles. The van der Waals surface area contributed by atoms with Gasteiger partial charge in [-0.1, -0.05) is 249 Å². The van der Waals surface area contributed by atoms with Gasteiger partial charge >= 0.3 is 0 Å². The molecule has 17 aromatic carbocycles. The third-order valence-electron chi connectivity index (χ3n) is 20.6. The molecule has 456 valence electrons. The molecule has 4 heteroatoms. The molecule has 0 bridgehead atoms. The van der Waals surface area contributed by atoms with Crippen molar-refractivity contribution in [3.05, 3.63) is 364 Å². The van der Waals surface area contributed by atoms with E-state index in [0.29, 0.717) is 0 Å². The zero-order valence-corrected chi connectivity index (χ0v) is 53.4. The summed E-state index contributed by atoms with van der Waals surface area (Å²) in [7, 11) is 0. The molecule has 0 amide bonds. The highest BCUT2D eigenvalue weighted by atomic mass is 15.0. The Hall–Kier alpha value is -13.0. The Morgan fingerprint density at radius 3 is 0.929 bits per heavy atom. The first kappa shape index (κ1) is 55.4. The molecule has 0 saturated carbocycles. The summed E-state index contributed by atoms with van der Waals surface area (Å²) in [5.74, 6) is 0. The first-order chi connectivity index (χ1) is 48.6. The third kappa shape index (κ3) is 8.71. The number of nitrogens with zero attached hydrogens (tertiary/aromatic N) is 4. The standard InChI is InChI=1S/C50H32N2.C44H28N2/c1-3-11-33(12-4-1)36-21-26-42-43-27-22-37(32-46(43)41-16-8-7-15-40(41)45(42)31-36)34-19-24-39(25-20-34)52-47-18-10-9-17-44(47)49-48(52)28-23-35-29-30-51(50(35)49)38-13-5-2-6-14-38;1-2-12-32(13-3-1)45-26-25-29-22-24-42-43(44(29)45)39-19-8-9-20-41(39)46(42)33-14-10-11-30(27-33)31-21-23-38-36-17-5-4-15-34(36)35-16-6-7-18-37(35)40(38)28-31/h1-32H;1-28H. The summed E-state index contributed by atoms with van der Waals surface area (Å²) in [6, 6.07) is 128. The van der Waals surface area contributed by atoms with Gasteiger partial charge in [-0.2, -0.15) is 0 Å². The van der Waals surface area contributed by atoms with Crippen molar-refractivity contribution in [2.45, 2.75) is 0 Å². The summed E-state index contributed by atoms with van der Waals surface area (Å²) in [4.78, 5) is 0. The molecule has 0 aliphatic heterocycles. The first-order valence-electron chi connectivity index (χ1n) is 33.8. The fraction of sp³-hybridized carbons (Fsp3) is 0. The Kier molecular flexibility index (Phi) is 12.6. The van der Waals surface area contributed by atoms with Gasteiger partial charge < -0.3 is 18.3 Å². The van der Waals surface area contributed by atoms with Gasteiger partial charge in [-0.15, -0.1) is 0 Å². The lowest BCUT2D eigenvalue weighted by Gasteiger charge is -2.14. The average molecular weight is 1250 g/mol. The van der Waals surface area contributed by atoms with Crippen LogP contribution >= 0.6 is 0 Å². The Bertz CT molecular complexity index is 6710. The van der Waals surface area contributed by atoms with Gasteiger partial charge in [0.25, 0.3) is 0 Å². The van der Waals surface area contributed by atoms with Gasteiger partial charge in [0.1, 0.15) is 0 Å². The Morgan fingerprint density at radius 2 is 0.480 bits per heavy atom. The molecule has 0 aliphatic rings. The van der Waals surface area contributed by atoms with Crippen molar-refractivity contribution in [2.75, 3.05) is 0 Å². The van der Waals surface area contributed by atoms with Crippen LogP contribution < -0.4 is 0 Å². The fourth-order valence-electron chi connectivity index (χ4n) is 16.2. The molecular formula is C94H60N4. The van der Waals surface area contributed by atoms with Crippen LogP contribution in [0.3, 0.4) is 0 Å². The van der Waals surface area contributed by atoms with Crippen molar-refractivity contribution in [1.29, 1.82) is 0 Å². The van der Waals surface area contributed by atoms with E-state index in [4.69, 9.17) is 0 Å². The van der Waals surface area contributed by atoms with Crippen molar-refractivity contribution in [3.63, 3.8) is 0 Å². The number of aromatic nitrogens is 4. The first-order valence-corrected chi connectivity index (χ1v) is 33.8. The largest absolute Gasteiger partial charge is 0.316 e. The molecule has 0 spiro atoms. The molecule has 0 atom stereocenters. The van der Waals surface area contributed by atoms with E-state index in [-0.39, 0.29) is 0 Å². The minimum Gasteiger partial charge on any atom is -0.316 e. The molecule has 21 aromatic rings. The van der Waals surface area contributed by atoms with Crippen LogP contribution in [0.2, 0.25) is 0 Å². The van der Waals surface area contributed by atoms with Crippen LogP contribution in [0.15, 0.2) is 364 Å². The maximum atomic E-state index is 2.43. The van der Waals surface area contributed by atoms with Crippen molar-refractivity contribution in [2.24, 2.45) is 0 Å². The van der Waals surface area contributed by atoms with Gasteiger partial charge in [0.15, 0.2) is 0 Å². The highest BCUT2D eigenvalue weighted by Gasteiger charge is 2.21. The van der Waals surface area contributed by atoms with Crippen molar-refractivity contribution in [1.82, 2.24) is 18.3 Å². The van der Waals surface area contributed by atoms with E-state index in [1.54, 1.807) is 0 Å². The van der Waals surface area contributed by atoms with Gasteiger partial charge in [0.05, 0.1) is 33.1 Å². The van der Waals surface area contributed by atoms with Crippen LogP contribution in [-0.2, 0) is 0 Å². The van der Waals surface area contributed by atoms with Gasteiger partial charge in [-0.25, -0.2) is 0 Å². The zero-order chi connectivity index (χ0) is 64.4. The number of rotatable bonds is 7. The highest BCUT2D eigenvalue weighted by Crippen LogP contribution is 2.44. The second-order valence-electron chi connectivity index (χ2n) is 25.9. The summed E-state index contributed by atoms with van der Waals surface area (Å²) in [5.41, 5.74) is 19.3. The van der Waals surface area contributed by atoms with Crippen molar-refractivity contribution >= 4 is 130 Å². The molecule has 0 aliphatic carbocycles. The zero-order valence-electron chi connectivity index (χ0n) is 53.4. The van der Waals surface area contributed by atoms with Crippen LogP contribution in [0.25, 0.3) is 186 Å². The lowest BCUT2D eigenvalue weighted by molar-refractivity contribution is 1.13. The smallest absolute Gasteiger partial charge is 0.0628 e. The quantitative estimate of drug-likeness (QED) is 0.142. The number of hydrogen-bond donors (Lipinski definition) is 0. The van der Waals surface area contributed by atoms with Gasteiger partial charge in [0.2, 0.25) is 0 Å². The number of fused-ring (bicyclic) bond motifs is 22. The summed E-state index contributed by atoms with van der Waals surface area (Å²) in [5, 5.41) is 23.0. The molecule has 0 fully saturated rings. The van der Waals surface area contributed by atoms with Gasteiger partial charge in [-0.05, 0) is 201 Å². The van der Waals surface area contributed by atoms with E-state index in [1.165, 1.54) is 175 Å². The number of hydrogen-bond acceptors (Lipinski definition) is 0. The predicted octanol–water partition coefficient (Wildman–Crippen LogP) is 25.4. The highest BCUT2D eigenvalue weighted by molar-refractivity contribution is 6.28.